The van der Waals surface area contributed by atoms with Gasteiger partial charge in [0.1, 0.15) is 6.29 Å². The van der Waals surface area contributed by atoms with Gasteiger partial charge in [0.2, 0.25) is 0 Å². The molecule has 1 saturated heterocycles. The van der Waals surface area contributed by atoms with E-state index in [4.69, 9.17) is 9.47 Å². The molecule has 0 aromatic carbocycles. The molecule has 0 unspecified atom stereocenters. The van der Waals surface area contributed by atoms with E-state index in [1.807, 2.05) is 6.92 Å². The van der Waals surface area contributed by atoms with Crippen molar-refractivity contribution in [1.29, 1.82) is 0 Å². The second-order valence-electron chi connectivity index (χ2n) is 6.31. The lowest BCUT2D eigenvalue weighted by molar-refractivity contribution is -0.207. The van der Waals surface area contributed by atoms with Gasteiger partial charge in [0.25, 0.3) is 0 Å². The van der Waals surface area contributed by atoms with Crippen molar-refractivity contribution in [3.05, 3.63) is 23.3 Å². The van der Waals surface area contributed by atoms with E-state index >= 15 is 0 Å². The zero-order chi connectivity index (χ0) is 13.4. The van der Waals surface area contributed by atoms with Crippen molar-refractivity contribution < 1.29 is 14.3 Å². The van der Waals surface area contributed by atoms with Gasteiger partial charge < -0.3 is 14.3 Å². The monoisotopic (exact) mass is 250 g/mol. The first-order chi connectivity index (χ1) is 8.38. The number of rotatable bonds is 2. The van der Waals surface area contributed by atoms with Crippen LogP contribution in [0, 0.1) is 10.8 Å². The second-order valence-corrected chi connectivity index (χ2v) is 6.31. The van der Waals surface area contributed by atoms with Crippen LogP contribution in [-0.2, 0) is 14.3 Å². The molecule has 1 fully saturated rings. The molecular formula is C15H22O3. The minimum absolute atomic E-state index is 0.0540. The molecule has 0 aromatic heterocycles. The summed E-state index contributed by atoms with van der Waals surface area (Å²) in [5.41, 5.74) is 1.97. The lowest BCUT2D eigenvalue weighted by Crippen LogP contribution is -2.44. The van der Waals surface area contributed by atoms with Gasteiger partial charge in [0, 0.05) is 0 Å². The van der Waals surface area contributed by atoms with Gasteiger partial charge in [-0.2, -0.15) is 0 Å². The largest absolute Gasteiger partial charge is 0.348 e. The molecule has 0 bridgehead atoms. The molecule has 3 heteroatoms. The van der Waals surface area contributed by atoms with Crippen LogP contribution in [0.15, 0.2) is 23.3 Å². The van der Waals surface area contributed by atoms with Crippen molar-refractivity contribution in [1.82, 2.24) is 0 Å². The zero-order valence-corrected chi connectivity index (χ0v) is 11.7. The molecule has 0 amide bonds. The third kappa shape index (κ3) is 2.43. The Kier molecular flexibility index (Phi) is 3.47. The van der Waals surface area contributed by atoms with Crippen molar-refractivity contribution in [2.24, 2.45) is 10.8 Å². The minimum atomic E-state index is -0.500. The molecule has 0 spiro atoms. The minimum Gasteiger partial charge on any atom is -0.348 e. The van der Waals surface area contributed by atoms with E-state index in [0.717, 1.165) is 12.7 Å². The van der Waals surface area contributed by atoms with Gasteiger partial charge in [0.05, 0.1) is 18.6 Å². The standard InChI is InChI=1S/C15H22O3/c1-11-6-5-7-14(2,3)12(11)13-17-9-15(4,8-16)10-18-13/h5-6,8,13H,7,9-10H2,1-4H3. The summed E-state index contributed by atoms with van der Waals surface area (Å²) in [6.45, 7) is 9.22. The molecule has 1 aliphatic heterocycles. The van der Waals surface area contributed by atoms with Crippen molar-refractivity contribution in [3.8, 4) is 0 Å². The number of carbonyl (C=O) groups is 1. The fraction of sp³-hybridized carbons (Fsp3) is 0.667. The summed E-state index contributed by atoms with van der Waals surface area (Å²) >= 11 is 0. The Labute approximate surface area is 109 Å². The van der Waals surface area contributed by atoms with E-state index in [1.165, 1.54) is 11.1 Å². The molecule has 100 valence electrons. The molecule has 0 atom stereocenters. The topological polar surface area (TPSA) is 35.5 Å². The van der Waals surface area contributed by atoms with E-state index in [2.05, 4.69) is 32.9 Å². The SMILES string of the molecule is CC1=C(C2OCC(C)(C=O)CO2)C(C)(C)CC=C1. The molecule has 0 aromatic rings. The highest BCUT2D eigenvalue weighted by Gasteiger charge is 2.39. The number of carbonyl (C=O) groups excluding carboxylic acids is 1. The maximum Gasteiger partial charge on any atom is 0.180 e. The van der Waals surface area contributed by atoms with Crippen molar-refractivity contribution in [3.63, 3.8) is 0 Å². The van der Waals surface area contributed by atoms with Crippen molar-refractivity contribution >= 4 is 6.29 Å². The maximum atomic E-state index is 11.0. The molecule has 3 nitrogen and oxygen atoms in total. The smallest absolute Gasteiger partial charge is 0.180 e. The summed E-state index contributed by atoms with van der Waals surface area (Å²) in [5, 5.41) is 0. The molecule has 2 aliphatic rings. The third-order valence-corrected chi connectivity index (χ3v) is 3.80. The molecular weight excluding hydrogens is 228 g/mol. The molecule has 2 rings (SSSR count). The predicted molar refractivity (Wildman–Crippen MR) is 70.1 cm³/mol. The van der Waals surface area contributed by atoms with Crippen LogP contribution in [0.2, 0.25) is 0 Å². The molecule has 0 radical (unpaired) electrons. The quantitative estimate of drug-likeness (QED) is 0.707. The Morgan fingerprint density at radius 1 is 1.28 bits per heavy atom. The first-order valence-corrected chi connectivity index (χ1v) is 6.45. The summed E-state index contributed by atoms with van der Waals surface area (Å²) in [7, 11) is 0. The van der Waals surface area contributed by atoms with Crippen LogP contribution in [-0.4, -0.2) is 25.8 Å². The van der Waals surface area contributed by atoms with Crippen molar-refractivity contribution in [2.45, 2.75) is 40.4 Å². The fourth-order valence-electron chi connectivity index (χ4n) is 2.63. The van der Waals surface area contributed by atoms with Gasteiger partial charge in [-0.15, -0.1) is 0 Å². The van der Waals surface area contributed by atoms with Gasteiger partial charge in [-0.25, -0.2) is 0 Å². The Balaban J connectivity index is 2.18. The Bertz CT molecular complexity index is 396. The predicted octanol–water partition coefficient (Wildman–Crippen LogP) is 2.87. The lowest BCUT2D eigenvalue weighted by atomic mass is 9.75. The molecule has 1 aliphatic carbocycles. The summed E-state index contributed by atoms with van der Waals surface area (Å²) < 4.78 is 11.6. The van der Waals surface area contributed by atoms with E-state index in [-0.39, 0.29) is 11.7 Å². The van der Waals surface area contributed by atoms with Crippen LogP contribution in [0.5, 0.6) is 0 Å². The fourth-order valence-corrected chi connectivity index (χ4v) is 2.63. The Morgan fingerprint density at radius 2 is 1.89 bits per heavy atom. The van der Waals surface area contributed by atoms with Crippen LogP contribution in [0.4, 0.5) is 0 Å². The van der Waals surface area contributed by atoms with Crippen LogP contribution >= 0.6 is 0 Å². The highest BCUT2D eigenvalue weighted by Crippen LogP contribution is 2.41. The molecule has 0 N–H and O–H groups in total. The number of allylic oxidation sites excluding steroid dienone is 3. The summed E-state index contributed by atoms with van der Waals surface area (Å²) in [6, 6.07) is 0. The van der Waals surface area contributed by atoms with Crippen LogP contribution in [0.1, 0.15) is 34.1 Å². The third-order valence-electron chi connectivity index (χ3n) is 3.80. The van der Waals surface area contributed by atoms with E-state index in [9.17, 15) is 4.79 Å². The van der Waals surface area contributed by atoms with Crippen molar-refractivity contribution in [2.75, 3.05) is 13.2 Å². The molecule has 18 heavy (non-hydrogen) atoms. The van der Waals surface area contributed by atoms with Gasteiger partial charge >= 0.3 is 0 Å². The van der Waals surface area contributed by atoms with Crippen LogP contribution < -0.4 is 0 Å². The zero-order valence-electron chi connectivity index (χ0n) is 11.7. The Hall–Kier alpha value is -0.930. The second kappa shape index (κ2) is 4.63. The Morgan fingerprint density at radius 3 is 2.39 bits per heavy atom. The van der Waals surface area contributed by atoms with E-state index in [1.54, 1.807) is 0 Å². The van der Waals surface area contributed by atoms with E-state index < -0.39 is 5.41 Å². The van der Waals surface area contributed by atoms with Crippen LogP contribution in [0.3, 0.4) is 0 Å². The number of hydrogen-bond donors (Lipinski definition) is 0. The average molecular weight is 250 g/mol. The normalized spacial score (nSPS) is 35.7. The number of hydrogen-bond acceptors (Lipinski definition) is 3. The van der Waals surface area contributed by atoms with Gasteiger partial charge in [-0.3, -0.25) is 0 Å². The summed E-state index contributed by atoms with van der Waals surface area (Å²) in [5.74, 6) is 0. The maximum absolute atomic E-state index is 11.0. The first-order valence-electron chi connectivity index (χ1n) is 6.45. The first kappa shape index (κ1) is 13.5. The van der Waals surface area contributed by atoms with E-state index in [0.29, 0.717) is 13.2 Å². The molecule has 0 saturated carbocycles. The summed E-state index contributed by atoms with van der Waals surface area (Å²) in [6.07, 6.45) is 5.93. The summed E-state index contributed by atoms with van der Waals surface area (Å²) in [4.78, 5) is 11.0. The molecule has 1 heterocycles. The van der Waals surface area contributed by atoms with Gasteiger partial charge in [-0.1, -0.05) is 26.0 Å². The highest BCUT2D eigenvalue weighted by atomic mass is 16.7. The number of aldehydes is 1. The van der Waals surface area contributed by atoms with Crippen LogP contribution in [0.25, 0.3) is 0 Å². The average Bonchev–Trinajstić information content (AvgIpc) is 2.31. The number of ether oxygens (including phenoxy) is 2. The van der Waals surface area contributed by atoms with Gasteiger partial charge in [0.15, 0.2) is 6.29 Å². The highest BCUT2D eigenvalue weighted by molar-refractivity contribution is 5.59. The van der Waals surface area contributed by atoms with Gasteiger partial charge in [-0.05, 0) is 36.8 Å². The lowest BCUT2D eigenvalue weighted by Gasteiger charge is -2.41.